The van der Waals surface area contributed by atoms with Gasteiger partial charge in [-0.1, -0.05) is 37.1 Å². The summed E-state index contributed by atoms with van der Waals surface area (Å²) < 4.78 is 0. The van der Waals surface area contributed by atoms with Crippen molar-refractivity contribution in [3.8, 4) is 0 Å². The Labute approximate surface area is 182 Å². The van der Waals surface area contributed by atoms with Gasteiger partial charge in [0.15, 0.2) is 5.96 Å². The average Bonchev–Trinajstić information content (AvgIpc) is 3.24. The van der Waals surface area contributed by atoms with Gasteiger partial charge in [0.2, 0.25) is 5.91 Å². The van der Waals surface area contributed by atoms with Gasteiger partial charge >= 0.3 is 0 Å². The van der Waals surface area contributed by atoms with Crippen molar-refractivity contribution in [1.82, 2.24) is 20.4 Å². The van der Waals surface area contributed by atoms with E-state index < -0.39 is 0 Å². The van der Waals surface area contributed by atoms with Gasteiger partial charge in [-0.2, -0.15) is 0 Å². The molecule has 0 aromatic heterocycles. The number of rotatable bonds is 8. The maximum Gasteiger partial charge on any atom is 0.230 e. The van der Waals surface area contributed by atoms with Crippen molar-refractivity contribution in [3.05, 3.63) is 35.4 Å². The molecule has 1 saturated carbocycles. The second kappa shape index (κ2) is 10.8. The SMILES string of the molecule is CCNC(=NCC1(C(=O)N(C)C)CCCC1)NCCCN1CCc2ccccc2C1. The summed E-state index contributed by atoms with van der Waals surface area (Å²) in [5, 5.41) is 6.82. The maximum absolute atomic E-state index is 12.8. The van der Waals surface area contributed by atoms with Gasteiger partial charge in [0, 0.05) is 46.8 Å². The topological polar surface area (TPSA) is 60.0 Å². The molecular weight excluding hydrogens is 374 g/mol. The standard InChI is InChI=1S/C24H39N5O/c1-4-25-23(27-19-24(13-7-8-14-24)22(30)28(2)3)26-15-9-16-29-17-12-20-10-5-6-11-21(20)18-29/h5-6,10-11H,4,7-9,12-19H2,1-3H3,(H2,25,26,27). The molecule has 1 heterocycles. The van der Waals surface area contributed by atoms with E-state index in [2.05, 4.69) is 46.7 Å². The van der Waals surface area contributed by atoms with Crippen molar-refractivity contribution in [2.24, 2.45) is 10.4 Å². The van der Waals surface area contributed by atoms with Crippen LogP contribution in [0.15, 0.2) is 29.3 Å². The Balaban J connectivity index is 1.48. The number of amides is 1. The Morgan fingerprint density at radius 3 is 2.60 bits per heavy atom. The lowest BCUT2D eigenvalue weighted by Crippen LogP contribution is -2.43. The van der Waals surface area contributed by atoms with E-state index in [0.29, 0.717) is 6.54 Å². The summed E-state index contributed by atoms with van der Waals surface area (Å²) in [6.45, 7) is 7.65. The molecule has 1 aromatic rings. The van der Waals surface area contributed by atoms with Gasteiger partial charge in [-0.05, 0) is 43.7 Å². The fourth-order valence-corrected chi connectivity index (χ4v) is 4.79. The number of nitrogens with one attached hydrogen (secondary N) is 2. The van der Waals surface area contributed by atoms with Crippen LogP contribution in [-0.4, -0.2) is 68.5 Å². The molecule has 0 saturated heterocycles. The van der Waals surface area contributed by atoms with E-state index in [4.69, 9.17) is 4.99 Å². The van der Waals surface area contributed by atoms with Gasteiger partial charge in [0.25, 0.3) is 0 Å². The third-order valence-electron chi connectivity index (χ3n) is 6.46. The van der Waals surface area contributed by atoms with Crippen LogP contribution in [-0.2, 0) is 17.8 Å². The highest BCUT2D eigenvalue weighted by Gasteiger charge is 2.42. The Morgan fingerprint density at radius 2 is 1.90 bits per heavy atom. The molecule has 166 valence electrons. The van der Waals surface area contributed by atoms with Crippen LogP contribution in [0.5, 0.6) is 0 Å². The summed E-state index contributed by atoms with van der Waals surface area (Å²) in [7, 11) is 3.71. The zero-order valence-electron chi connectivity index (χ0n) is 19.0. The molecule has 0 spiro atoms. The average molecular weight is 414 g/mol. The normalized spacial score (nSPS) is 18.7. The maximum atomic E-state index is 12.8. The van der Waals surface area contributed by atoms with E-state index in [1.807, 2.05) is 14.1 Å². The van der Waals surface area contributed by atoms with Gasteiger partial charge in [0.05, 0.1) is 12.0 Å². The number of fused-ring (bicyclic) bond motifs is 1. The van der Waals surface area contributed by atoms with Crippen LogP contribution in [0, 0.1) is 5.41 Å². The van der Waals surface area contributed by atoms with Gasteiger partial charge in [-0.25, -0.2) is 0 Å². The minimum absolute atomic E-state index is 0.227. The number of carbonyl (C=O) groups is 1. The van der Waals surface area contributed by atoms with E-state index in [9.17, 15) is 4.79 Å². The highest BCUT2D eigenvalue weighted by molar-refractivity contribution is 5.84. The number of guanidine groups is 1. The predicted octanol–water partition coefficient (Wildman–Crippen LogP) is 2.64. The van der Waals surface area contributed by atoms with Gasteiger partial charge in [-0.3, -0.25) is 14.7 Å². The highest BCUT2D eigenvalue weighted by atomic mass is 16.2. The Hall–Kier alpha value is -2.08. The molecule has 2 N–H and O–H groups in total. The molecule has 0 atom stereocenters. The first kappa shape index (κ1) is 22.6. The Morgan fingerprint density at radius 1 is 1.17 bits per heavy atom. The summed E-state index contributed by atoms with van der Waals surface area (Å²) in [5.74, 6) is 1.06. The molecule has 1 aliphatic heterocycles. The lowest BCUT2D eigenvalue weighted by Gasteiger charge is -2.29. The molecule has 1 aliphatic carbocycles. The van der Waals surface area contributed by atoms with Crippen LogP contribution in [0.2, 0.25) is 0 Å². The van der Waals surface area contributed by atoms with E-state index in [1.165, 1.54) is 11.1 Å². The quantitative estimate of drug-likeness (QED) is 0.391. The molecule has 0 radical (unpaired) electrons. The van der Waals surface area contributed by atoms with E-state index >= 15 is 0 Å². The van der Waals surface area contributed by atoms with Crippen molar-refractivity contribution in [1.29, 1.82) is 0 Å². The number of aliphatic imine (C=N–C) groups is 1. The smallest absolute Gasteiger partial charge is 0.230 e. The molecule has 6 nitrogen and oxygen atoms in total. The van der Waals surface area contributed by atoms with Crippen LogP contribution in [0.3, 0.4) is 0 Å². The molecule has 1 fully saturated rings. The number of carbonyl (C=O) groups excluding carboxylic acids is 1. The van der Waals surface area contributed by atoms with Gasteiger partial charge < -0.3 is 15.5 Å². The van der Waals surface area contributed by atoms with Crippen LogP contribution < -0.4 is 10.6 Å². The summed E-state index contributed by atoms with van der Waals surface area (Å²) in [6.07, 6.45) is 6.37. The summed E-state index contributed by atoms with van der Waals surface area (Å²) in [6, 6.07) is 8.79. The number of hydrogen-bond acceptors (Lipinski definition) is 3. The summed E-state index contributed by atoms with van der Waals surface area (Å²) in [4.78, 5) is 21.9. The molecular formula is C24H39N5O. The second-order valence-electron chi connectivity index (χ2n) is 8.96. The largest absolute Gasteiger partial charge is 0.357 e. The molecule has 0 bridgehead atoms. The lowest BCUT2D eigenvalue weighted by atomic mass is 9.85. The molecule has 1 amide bonds. The molecule has 30 heavy (non-hydrogen) atoms. The van der Waals surface area contributed by atoms with Crippen LogP contribution in [0.4, 0.5) is 0 Å². The zero-order valence-corrected chi connectivity index (χ0v) is 19.0. The van der Waals surface area contributed by atoms with Crippen molar-refractivity contribution in [2.45, 2.75) is 52.0 Å². The van der Waals surface area contributed by atoms with Crippen LogP contribution in [0.25, 0.3) is 0 Å². The fraction of sp³-hybridized carbons (Fsp3) is 0.667. The predicted molar refractivity (Wildman–Crippen MR) is 124 cm³/mol. The van der Waals surface area contributed by atoms with Crippen molar-refractivity contribution < 1.29 is 4.79 Å². The van der Waals surface area contributed by atoms with E-state index in [-0.39, 0.29) is 11.3 Å². The number of benzene rings is 1. The molecule has 2 aliphatic rings. The van der Waals surface area contributed by atoms with Crippen LogP contribution >= 0.6 is 0 Å². The third kappa shape index (κ3) is 5.75. The highest BCUT2D eigenvalue weighted by Crippen LogP contribution is 2.39. The third-order valence-corrected chi connectivity index (χ3v) is 6.46. The minimum Gasteiger partial charge on any atom is -0.357 e. The van der Waals surface area contributed by atoms with Crippen molar-refractivity contribution in [3.63, 3.8) is 0 Å². The zero-order chi connectivity index (χ0) is 21.4. The minimum atomic E-state index is -0.312. The lowest BCUT2D eigenvalue weighted by molar-refractivity contribution is -0.138. The number of hydrogen-bond donors (Lipinski definition) is 2. The Kier molecular flexibility index (Phi) is 8.14. The molecule has 0 unspecified atom stereocenters. The molecule has 3 rings (SSSR count). The van der Waals surface area contributed by atoms with E-state index in [0.717, 1.165) is 77.2 Å². The van der Waals surface area contributed by atoms with E-state index in [1.54, 1.807) is 4.90 Å². The Bertz CT molecular complexity index is 724. The number of nitrogens with zero attached hydrogens (tertiary/aromatic N) is 3. The molecule has 6 heteroatoms. The summed E-state index contributed by atoms with van der Waals surface area (Å²) in [5.41, 5.74) is 2.66. The second-order valence-corrected chi connectivity index (χ2v) is 8.96. The monoisotopic (exact) mass is 413 g/mol. The first-order valence-electron chi connectivity index (χ1n) is 11.6. The fourth-order valence-electron chi connectivity index (χ4n) is 4.79. The molecule has 1 aromatic carbocycles. The van der Waals surface area contributed by atoms with Crippen LogP contribution in [0.1, 0.15) is 50.2 Å². The van der Waals surface area contributed by atoms with Crippen molar-refractivity contribution in [2.75, 3.05) is 46.8 Å². The van der Waals surface area contributed by atoms with Crippen molar-refractivity contribution >= 4 is 11.9 Å². The summed E-state index contributed by atoms with van der Waals surface area (Å²) >= 11 is 0. The first-order chi connectivity index (χ1) is 14.5. The first-order valence-corrected chi connectivity index (χ1v) is 11.6. The van der Waals surface area contributed by atoms with Gasteiger partial charge in [0.1, 0.15) is 0 Å². The van der Waals surface area contributed by atoms with Gasteiger partial charge in [-0.15, -0.1) is 0 Å².